The summed E-state index contributed by atoms with van der Waals surface area (Å²) in [5.41, 5.74) is 4.37. The Morgan fingerprint density at radius 2 is 2.20 bits per heavy atom. The molecule has 0 saturated carbocycles. The van der Waals surface area contributed by atoms with Gasteiger partial charge in [0.1, 0.15) is 0 Å². The van der Waals surface area contributed by atoms with Crippen molar-refractivity contribution < 1.29 is 9.47 Å². The van der Waals surface area contributed by atoms with Gasteiger partial charge in [0, 0.05) is 24.2 Å². The molecule has 2 heterocycles. The number of ether oxygens (including phenoxy) is 2. The maximum Gasteiger partial charge on any atom is 0.161 e. The lowest BCUT2D eigenvalue weighted by atomic mass is 9.77. The number of hydrogen-bond acceptors (Lipinski definition) is 4. The van der Waals surface area contributed by atoms with Crippen LogP contribution in [0.25, 0.3) is 0 Å². The highest BCUT2D eigenvalue weighted by atomic mass is 16.5. The molecule has 0 radical (unpaired) electrons. The predicted octanol–water partition coefficient (Wildman–Crippen LogP) is 3.30. The first kappa shape index (κ1) is 16.5. The maximum atomic E-state index is 5.63. The first-order valence-electron chi connectivity index (χ1n) is 9.29. The van der Waals surface area contributed by atoms with E-state index >= 15 is 0 Å². The molecule has 0 bridgehead atoms. The Kier molecular flexibility index (Phi) is 4.42. The van der Waals surface area contributed by atoms with Gasteiger partial charge in [-0.25, -0.2) is 0 Å². The molecule has 2 aliphatic rings. The van der Waals surface area contributed by atoms with E-state index in [2.05, 4.69) is 27.2 Å². The van der Waals surface area contributed by atoms with Gasteiger partial charge in [-0.3, -0.25) is 10.00 Å². The summed E-state index contributed by atoms with van der Waals surface area (Å²) >= 11 is 0. The molecule has 5 nitrogen and oxygen atoms in total. The molecule has 1 saturated heterocycles. The third kappa shape index (κ3) is 3.01. The molecule has 0 amide bonds. The Morgan fingerprint density at radius 3 is 3.04 bits per heavy atom. The number of rotatable bonds is 5. The molecule has 1 aromatic heterocycles. The summed E-state index contributed by atoms with van der Waals surface area (Å²) in [6.07, 6.45) is 6.94. The van der Waals surface area contributed by atoms with E-state index in [1.54, 1.807) is 7.11 Å². The third-order valence-electron chi connectivity index (χ3n) is 5.71. The van der Waals surface area contributed by atoms with E-state index in [0.29, 0.717) is 6.61 Å². The normalized spacial score (nSPS) is 23.0. The van der Waals surface area contributed by atoms with Gasteiger partial charge in [0.15, 0.2) is 11.5 Å². The highest BCUT2D eigenvalue weighted by Crippen LogP contribution is 2.44. The number of aryl methyl sites for hydroxylation is 1. The van der Waals surface area contributed by atoms with Crippen LogP contribution in [-0.4, -0.2) is 41.9 Å². The molecule has 1 aliphatic heterocycles. The lowest BCUT2D eigenvalue weighted by molar-refractivity contribution is 0.136. The van der Waals surface area contributed by atoms with Crippen LogP contribution in [0, 0.1) is 0 Å². The molecule has 1 atom stereocenters. The number of methoxy groups -OCH3 is 1. The molecule has 1 N–H and O–H groups in total. The van der Waals surface area contributed by atoms with Crippen LogP contribution in [0.5, 0.6) is 11.5 Å². The second kappa shape index (κ2) is 6.71. The van der Waals surface area contributed by atoms with E-state index in [4.69, 9.17) is 9.47 Å². The smallest absolute Gasteiger partial charge is 0.161 e. The summed E-state index contributed by atoms with van der Waals surface area (Å²) in [5.74, 6) is 1.64. The van der Waals surface area contributed by atoms with Crippen molar-refractivity contribution in [3.05, 3.63) is 41.2 Å². The monoisotopic (exact) mass is 341 g/mol. The molecule has 1 aliphatic carbocycles. The number of H-pyrrole nitrogens is 1. The molecule has 2 aromatic rings. The molecule has 1 fully saturated rings. The van der Waals surface area contributed by atoms with Gasteiger partial charge < -0.3 is 9.47 Å². The first-order valence-corrected chi connectivity index (χ1v) is 9.29. The third-order valence-corrected chi connectivity index (χ3v) is 5.71. The average Bonchev–Trinajstić information content (AvgIpc) is 3.22. The van der Waals surface area contributed by atoms with Crippen molar-refractivity contribution >= 4 is 0 Å². The first-order chi connectivity index (χ1) is 12.2. The second-order valence-corrected chi connectivity index (χ2v) is 7.28. The molecule has 1 aromatic carbocycles. The van der Waals surface area contributed by atoms with Crippen LogP contribution in [0.3, 0.4) is 0 Å². The van der Waals surface area contributed by atoms with Crippen molar-refractivity contribution in [2.45, 2.75) is 44.6 Å². The van der Waals surface area contributed by atoms with Crippen molar-refractivity contribution in [2.24, 2.45) is 0 Å². The zero-order valence-corrected chi connectivity index (χ0v) is 15.2. The van der Waals surface area contributed by atoms with Crippen LogP contribution in [0.2, 0.25) is 0 Å². The zero-order valence-electron chi connectivity index (χ0n) is 15.2. The van der Waals surface area contributed by atoms with E-state index in [9.17, 15) is 0 Å². The molecule has 1 unspecified atom stereocenters. The van der Waals surface area contributed by atoms with E-state index in [0.717, 1.165) is 37.6 Å². The van der Waals surface area contributed by atoms with Gasteiger partial charge in [-0.1, -0.05) is 6.07 Å². The summed E-state index contributed by atoms with van der Waals surface area (Å²) in [4.78, 5) is 2.58. The number of nitrogens with one attached hydrogen (secondary N) is 1. The van der Waals surface area contributed by atoms with Gasteiger partial charge in [-0.05, 0) is 62.4 Å². The highest BCUT2D eigenvalue weighted by Gasteiger charge is 2.43. The van der Waals surface area contributed by atoms with Crippen LogP contribution in [-0.2, 0) is 18.4 Å². The molecular formula is C20H27N3O2. The molecule has 4 rings (SSSR count). The molecular weight excluding hydrogens is 314 g/mol. The van der Waals surface area contributed by atoms with Crippen molar-refractivity contribution in [1.29, 1.82) is 0 Å². The average molecular weight is 341 g/mol. The summed E-state index contributed by atoms with van der Waals surface area (Å²) in [6.45, 7) is 5.86. The summed E-state index contributed by atoms with van der Waals surface area (Å²) in [5, 5.41) is 7.57. The minimum atomic E-state index is 0.277. The van der Waals surface area contributed by atoms with Gasteiger partial charge in [0.25, 0.3) is 0 Å². The van der Waals surface area contributed by atoms with E-state index in [1.165, 1.54) is 36.1 Å². The number of aromatic nitrogens is 2. The van der Waals surface area contributed by atoms with E-state index in [1.807, 2.05) is 19.2 Å². The number of aromatic amines is 1. The fraction of sp³-hybridized carbons (Fsp3) is 0.550. The lowest BCUT2D eigenvalue weighted by Gasteiger charge is -2.40. The molecule has 134 valence electrons. The van der Waals surface area contributed by atoms with Crippen LogP contribution >= 0.6 is 0 Å². The van der Waals surface area contributed by atoms with Crippen molar-refractivity contribution in [1.82, 2.24) is 15.1 Å². The van der Waals surface area contributed by atoms with Crippen molar-refractivity contribution in [3.8, 4) is 11.5 Å². The number of piperidine rings is 1. The minimum Gasteiger partial charge on any atom is -0.493 e. The van der Waals surface area contributed by atoms with E-state index < -0.39 is 0 Å². The molecule has 25 heavy (non-hydrogen) atoms. The summed E-state index contributed by atoms with van der Waals surface area (Å²) < 4.78 is 11.1. The Balaban J connectivity index is 1.50. The summed E-state index contributed by atoms with van der Waals surface area (Å²) in [7, 11) is 1.70. The minimum absolute atomic E-state index is 0.277. The van der Waals surface area contributed by atoms with Crippen molar-refractivity contribution in [3.63, 3.8) is 0 Å². The molecule has 5 heteroatoms. The predicted molar refractivity (Wildman–Crippen MR) is 97.3 cm³/mol. The lowest BCUT2D eigenvalue weighted by Crippen LogP contribution is -2.44. The van der Waals surface area contributed by atoms with Gasteiger partial charge >= 0.3 is 0 Å². The van der Waals surface area contributed by atoms with Crippen LogP contribution in [0.1, 0.15) is 43.0 Å². The number of nitrogens with zero attached hydrogens (tertiary/aromatic N) is 2. The Labute approximate surface area is 149 Å². The number of likely N-dealkylation sites (tertiary alicyclic amines) is 1. The molecule has 1 spiro atoms. The van der Waals surface area contributed by atoms with Gasteiger partial charge in [0.05, 0.1) is 19.9 Å². The fourth-order valence-electron chi connectivity index (χ4n) is 4.57. The van der Waals surface area contributed by atoms with Crippen LogP contribution in [0.15, 0.2) is 24.4 Å². The van der Waals surface area contributed by atoms with E-state index in [-0.39, 0.29) is 5.41 Å². The Bertz CT molecular complexity index is 742. The van der Waals surface area contributed by atoms with Crippen LogP contribution < -0.4 is 9.47 Å². The number of fused-ring (bicyclic) bond motifs is 2. The fourth-order valence-corrected chi connectivity index (χ4v) is 4.57. The highest BCUT2D eigenvalue weighted by molar-refractivity contribution is 5.43. The second-order valence-electron chi connectivity index (χ2n) is 7.28. The van der Waals surface area contributed by atoms with Gasteiger partial charge in [-0.15, -0.1) is 0 Å². The van der Waals surface area contributed by atoms with Crippen molar-refractivity contribution in [2.75, 3.05) is 26.8 Å². The van der Waals surface area contributed by atoms with Gasteiger partial charge in [-0.2, -0.15) is 5.10 Å². The van der Waals surface area contributed by atoms with Gasteiger partial charge in [0.2, 0.25) is 0 Å². The topological polar surface area (TPSA) is 50.4 Å². The largest absolute Gasteiger partial charge is 0.493 e. The number of benzene rings is 1. The Hall–Kier alpha value is -2.01. The van der Waals surface area contributed by atoms with Crippen LogP contribution in [0.4, 0.5) is 0 Å². The zero-order chi connectivity index (χ0) is 17.3. The standard InChI is InChI=1S/C20H27N3O2/c1-3-25-17-6-5-15(11-18(17)24-2)13-23-10-4-8-20(14-23)9-7-16-12-21-22-19(16)20/h5-6,11-12H,3-4,7-10,13-14H2,1-2H3,(H,21,22). The summed E-state index contributed by atoms with van der Waals surface area (Å²) in [6, 6.07) is 6.30. The maximum absolute atomic E-state index is 5.63. The Morgan fingerprint density at radius 1 is 1.28 bits per heavy atom. The quantitative estimate of drug-likeness (QED) is 0.907. The SMILES string of the molecule is CCOc1ccc(CN2CCCC3(CCc4cn[nH]c43)C2)cc1OC. The number of hydrogen-bond donors (Lipinski definition) is 1.